The molecule has 0 spiro atoms. The molecule has 0 N–H and O–H groups in total. The van der Waals surface area contributed by atoms with Gasteiger partial charge >= 0.3 is 0 Å². The highest BCUT2D eigenvalue weighted by atomic mass is 32.3. The van der Waals surface area contributed by atoms with Crippen molar-refractivity contribution in [2.75, 3.05) is 48.8 Å². The summed E-state index contributed by atoms with van der Waals surface area (Å²) in [6, 6.07) is 0. The van der Waals surface area contributed by atoms with E-state index in [1.165, 1.54) is 11.8 Å². The van der Waals surface area contributed by atoms with Crippen molar-refractivity contribution in [2.45, 2.75) is 4.58 Å². The van der Waals surface area contributed by atoms with Crippen molar-refractivity contribution in [2.24, 2.45) is 0 Å². The first-order valence-corrected chi connectivity index (χ1v) is 13.9. The normalized spacial score (nSPS) is 25.0. The molecule has 0 aromatic carbocycles. The zero-order valence-corrected chi connectivity index (χ0v) is 17.6. The van der Waals surface area contributed by atoms with Crippen molar-refractivity contribution >= 4 is 67.1 Å². The topological polar surface area (TPSA) is 112 Å². The van der Waals surface area contributed by atoms with E-state index in [4.69, 9.17) is 0 Å². The van der Waals surface area contributed by atoms with Gasteiger partial charge < -0.3 is 0 Å². The molecule has 2 saturated heterocycles. The second kappa shape index (κ2) is 7.80. The van der Waals surface area contributed by atoms with Crippen molar-refractivity contribution in [1.82, 2.24) is 12.9 Å². The molecule has 0 bridgehead atoms. The predicted molar refractivity (Wildman–Crippen MR) is 101 cm³/mol. The van der Waals surface area contributed by atoms with Crippen LogP contribution in [-0.4, -0.2) is 91.5 Å². The fourth-order valence-electron chi connectivity index (χ4n) is 2.04. The van der Waals surface area contributed by atoms with Crippen LogP contribution in [0.15, 0.2) is 0 Å². The average Bonchev–Trinajstić information content (AvgIpc) is 3.31. The summed E-state index contributed by atoms with van der Waals surface area (Å²) in [6.07, 6.45) is 0. The Labute approximate surface area is 158 Å². The summed E-state index contributed by atoms with van der Waals surface area (Å²) in [5.41, 5.74) is 0. The molecule has 0 saturated carbocycles. The lowest BCUT2D eigenvalue weighted by Crippen LogP contribution is -2.60. The van der Waals surface area contributed by atoms with Crippen molar-refractivity contribution in [3.63, 3.8) is 0 Å². The highest BCUT2D eigenvalue weighted by Gasteiger charge is 2.46. The predicted octanol–water partition coefficient (Wildman–Crippen LogP) is -1.30. The highest BCUT2D eigenvalue weighted by molar-refractivity contribution is 8.19. The van der Waals surface area contributed by atoms with Gasteiger partial charge in [0, 0.05) is 17.3 Å². The van der Waals surface area contributed by atoms with E-state index in [9.17, 15) is 25.3 Å². The molecule has 2 rings (SSSR count). The zero-order chi connectivity index (χ0) is 18.2. The minimum absolute atomic E-state index is 0.0491. The third kappa shape index (κ3) is 4.73. The Kier molecular flexibility index (Phi) is 6.85. The number of thioether (sulfide) groups is 1. The fourth-order valence-corrected chi connectivity index (χ4v) is 8.87. The van der Waals surface area contributed by atoms with Gasteiger partial charge in [-0.2, -0.15) is 38.2 Å². The summed E-state index contributed by atoms with van der Waals surface area (Å²) >= 11 is 8.99. The minimum Gasteiger partial charge on any atom is -0.212 e. The summed E-state index contributed by atoms with van der Waals surface area (Å²) in [5, 5.41) is 0. The van der Waals surface area contributed by atoms with Crippen LogP contribution in [0.2, 0.25) is 0 Å². The largest absolute Gasteiger partial charge is 0.229 e. The maximum atomic E-state index is 12.4. The maximum Gasteiger partial charge on any atom is 0.229 e. The average molecular weight is 458 g/mol. The van der Waals surface area contributed by atoms with Crippen LogP contribution in [0.1, 0.15) is 0 Å². The summed E-state index contributed by atoms with van der Waals surface area (Å²) < 4.78 is 76.0. The zero-order valence-electron chi connectivity index (χ0n) is 12.6. The van der Waals surface area contributed by atoms with Gasteiger partial charge in [0.25, 0.3) is 0 Å². The smallest absolute Gasteiger partial charge is 0.212 e. The van der Waals surface area contributed by atoms with Crippen molar-refractivity contribution < 1.29 is 25.3 Å². The maximum absolute atomic E-state index is 12.4. The molecule has 142 valence electrons. The number of thiol groups is 2. The quantitative estimate of drug-likeness (QED) is 0.344. The van der Waals surface area contributed by atoms with E-state index in [1.807, 2.05) is 0 Å². The molecule has 0 unspecified atom stereocenters. The van der Waals surface area contributed by atoms with Crippen LogP contribution in [0, 0.1) is 0 Å². The number of rotatable bonds is 8. The number of hydrogen-bond acceptors (Lipinski definition) is 9. The van der Waals surface area contributed by atoms with E-state index in [0.29, 0.717) is 5.75 Å². The number of hydrogen-bond donors (Lipinski definition) is 2. The molecule has 2 aliphatic rings. The molecular weight excluding hydrogens is 439 g/mol. The van der Waals surface area contributed by atoms with Gasteiger partial charge in [-0.3, -0.25) is 0 Å². The van der Waals surface area contributed by atoms with Crippen LogP contribution < -0.4 is 0 Å². The summed E-state index contributed by atoms with van der Waals surface area (Å²) in [5.74, 6) is -0.0855. The van der Waals surface area contributed by atoms with Crippen LogP contribution in [0.4, 0.5) is 0 Å². The minimum atomic E-state index is -3.82. The van der Waals surface area contributed by atoms with Gasteiger partial charge in [0.2, 0.25) is 30.1 Å². The Morgan fingerprint density at radius 2 is 1.17 bits per heavy atom. The van der Waals surface area contributed by atoms with Crippen LogP contribution in [0.25, 0.3) is 0 Å². The van der Waals surface area contributed by atoms with E-state index in [-0.39, 0.29) is 36.3 Å². The van der Waals surface area contributed by atoms with E-state index < -0.39 is 41.3 Å². The molecule has 2 heterocycles. The van der Waals surface area contributed by atoms with Crippen molar-refractivity contribution in [3.05, 3.63) is 0 Å². The molecule has 2 fully saturated rings. The SMILES string of the molecule is O=S(=O)(CCS)N1CN(S(=O)(=O)CCS)CN(S(=O)(=O)[C@@H]2CS2)C1. The summed E-state index contributed by atoms with van der Waals surface area (Å²) in [4.78, 5) is 0. The Morgan fingerprint density at radius 1 is 0.792 bits per heavy atom. The lowest BCUT2D eigenvalue weighted by Gasteiger charge is -2.39. The fraction of sp³-hybridized carbons (Fsp3) is 1.00. The van der Waals surface area contributed by atoms with Crippen LogP contribution >= 0.6 is 37.0 Å². The summed E-state index contributed by atoms with van der Waals surface area (Å²) in [7, 11) is -11.4. The lowest BCUT2D eigenvalue weighted by atomic mass is 10.8. The van der Waals surface area contributed by atoms with Gasteiger partial charge in [0.1, 0.15) is 4.58 Å². The molecule has 15 heteroatoms. The molecule has 0 aliphatic carbocycles. The Bertz CT molecular complexity index is 718. The lowest BCUT2D eigenvalue weighted by molar-refractivity contribution is 0.128. The van der Waals surface area contributed by atoms with E-state index >= 15 is 0 Å². The van der Waals surface area contributed by atoms with Gasteiger partial charge in [-0.15, -0.1) is 11.8 Å². The molecular formula is C9H19N3O6S6. The molecule has 1 atom stereocenters. The third-order valence-corrected chi connectivity index (χ3v) is 11.7. The first kappa shape index (κ1) is 21.1. The Morgan fingerprint density at radius 3 is 1.50 bits per heavy atom. The van der Waals surface area contributed by atoms with Crippen LogP contribution in [-0.2, 0) is 30.1 Å². The summed E-state index contributed by atoms with van der Waals surface area (Å²) in [6.45, 7) is -1.18. The monoisotopic (exact) mass is 457 g/mol. The van der Waals surface area contributed by atoms with Gasteiger partial charge in [0.15, 0.2) is 0 Å². The molecule has 0 aromatic heterocycles. The second-order valence-corrected chi connectivity index (χ2v) is 13.9. The Hall–Kier alpha value is 0.780. The van der Waals surface area contributed by atoms with E-state index in [0.717, 1.165) is 12.9 Å². The van der Waals surface area contributed by atoms with Crippen LogP contribution in [0.5, 0.6) is 0 Å². The van der Waals surface area contributed by atoms with E-state index in [1.54, 1.807) is 0 Å². The van der Waals surface area contributed by atoms with Crippen molar-refractivity contribution in [1.29, 1.82) is 0 Å². The standard InChI is InChI=1S/C9H19N3O6S6/c13-22(14,3-1-19)10-6-11(23(15,16)4-2-20)8-12(7-10)24(17,18)9-5-21-9/h9,19-20H,1-8H2/t9-/m1/s1. The third-order valence-electron chi connectivity index (χ3n) is 3.43. The highest BCUT2D eigenvalue weighted by Crippen LogP contribution is 2.38. The molecule has 2 aliphatic heterocycles. The molecule has 0 aromatic rings. The molecule has 24 heavy (non-hydrogen) atoms. The number of nitrogens with zero attached hydrogens (tertiary/aromatic N) is 3. The van der Waals surface area contributed by atoms with Crippen molar-refractivity contribution in [3.8, 4) is 0 Å². The second-order valence-electron chi connectivity index (χ2n) is 5.17. The van der Waals surface area contributed by atoms with Gasteiger partial charge in [-0.25, -0.2) is 25.3 Å². The molecule has 0 amide bonds. The van der Waals surface area contributed by atoms with Gasteiger partial charge in [0.05, 0.1) is 31.5 Å². The first-order valence-electron chi connectivity index (χ1n) is 6.82. The van der Waals surface area contributed by atoms with Gasteiger partial charge in [-0.05, 0) is 0 Å². The Balaban J connectivity index is 2.34. The molecule has 9 nitrogen and oxygen atoms in total. The molecule has 0 radical (unpaired) electrons. The van der Waals surface area contributed by atoms with Crippen LogP contribution in [0.3, 0.4) is 0 Å². The number of sulfonamides is 3. The first-order chi connectivity index (χ1) is 11.0. The van der Waals surface area contributed by atoms with E-state index in [2.05, 4.69) is 25.3 Å². The van der Waals surface area contributed by atoms with Gasteiger partial charge in [-0.1, -0.05) is 0 Å².